The van der Waals surface area contributed by atoms with E-state index >= 15 is 0 Å². The molecule has 1 aliphatic heterocycles. The molecule has 5 rings (SSSR count). The van der Waals surface area contributed by atoms with Gasteiger partial charge in [0.25, 0.3) is 5.56 Å². The number of amides is 1. The Balaban J connectivity index is 1.44. The lowest BCUT2D eigenvalue weighted by Gasteiger charge is -2.15. The summed E-state index contributed by atoms with van der Waals surface area (Å²) in [6.45, 7) is 2.57. The zero-order valence-corrected chi connectivity index (χ0v) is 20.1. The molecule has 1 aliphatic rings. The molecule has 34 heavy (non-hydrogen) atoms. The summed E-state index contributed by atoms with van der Waals surface area (Å²) in [7, 11) is 0. The van der Waals surface area contributed by atoms with E-state index in [0.717, 1.165) is 23.1 Å². The Morgan fingerprint density at radius 3 is 2.97 bits per heavy atom. The lowest BCUT2D eigenvalue weighted by atomic mass is 10.1. The Hall–Kier alpha value is -3.08. The Kier molecular flexibility index (Phi) is 6.44. The van der Waals surface area contributed by atoms with Crippen molar-refractivity contribution in [2.75, 3.05) is 17.7 Å². The minimum absolute atomic E-state index is 0.0491. The molecule has 174 valence electrons. The summed E-state index contributed by atoms with van der Waals surface area (Å²) in [6.07, 6.45) is 3.50. The molecule has 0 saturated carbocycles. The Labute approximate surface area is 203 Å². The summed E-state index contributed by atoms with van der Waals surface area (Å²) in [5.41, 5.74) is 1.55. The van der Waals surface area contributed by atoms with Gasteiger partial charge in [0, 0.05) is 29.4 Å². The second kappa shape index (κ2) is 9.65. The molecule has 0 bridgehead atoms. The van der Waals surface area contributed by atoms with Crippen molar-refractivity contribution >= 4 is 60.9 Å². The van der Waals surface area contributed by atoms with Crippen molar-refractivity contribution in [3.05, 3.63) is 58.5 Å². The zero-order valence-electron chi connectivity index (χ0n) is 18.4. The Morgan fingerprint density at radius 1 is 1.29 bits per heavy atom. The highest BCUT2D eigenvalue weighted by Crippen LogP contribution is 2.31. The highest BCUT2D eigenvalue weighted by Gasteiger charge is 2.22. The fourth-order valence-corrected chi connectivity index (χ4v) is 5.78. The number of pyridine rings is 1. The predicted octanol–water partition coefficient (Wildman–Crippen LogP) is 4.12. The standard InChI is InChI=1S/C24H22N4O4S2/c1-14(29)15-5-2-6-16(11-15)26-19(30)13-33-24-27-20-18-8-3-9-25-22(18)34-21(20)23(31)28(24)12-17-7-4-10-32-17/h2-3,5-6,8-9,11,17H,4,7,10,12-13H2,1H3,(H,26,30). The number of anilines is 1. The van der Waals surface area contributed by atoms with Gasteiger partial charge in [-0.1, -0.05) is 23.9 Å². The summed E-state index contributed by atoms with van der Waals surface area (Å²) in [5.74, 6) is -0.257. The van der Waals surface area contributed by atoms with E-state index in [1.165, 1.54) is 30.0 Å². The zero-order chi connectivity index (χ0) is 23.7. The molecule has 1 saturated heterocycles. The lowest BCUT2D eigenvalue weighted by Crippen LogP contribution is -2.28. The van der Waals surface area contributed by atoms with Gasteiger partial charge in [0.15, 0.2) is 10.9 Å². The van der Waals surface area contributed by atoms with Crippen LogP contribution in [0.15, 0.2) is 52.5 Å². The average Bonchev–Trinajstić information content (AvgIpc) is 3.48. The van der Waals surface area contributed by atoms with Gasteiger partial charge in [0.2, 0.25) is 5.91 Å². The van der Waals surface area contributed by atoms with Crippen LogP contribution in [0.4, 0.5) is 5.69 Å². The van der Waals surface area contributed by atoms with E-state index in [2.05, 4.69) is 10.3 Å². The molecule has 1 aromatic carbocycles. The number of hydrogen-bond donors (Lipinski definition) is 1. The first kappa shape index (κ1) is 22.7. The third kappa shape index (κ3) is 4.61. The molecule has 0 aliphatic carbocycles. The molecule has 1 amide bonds. The first-order chi connectivity index (χ1) is 16.5. The van der Waals surface area contributed by atoms with Gasteiger partial charge in [-0.3, -0.25) is 19.0 Å². The Bertz CT molecular complexity index is 1460. The minimum Gasteiger partial charge on any atom is -0.376 e. The number of Topliss-reactive ketones (excluding diaryl/α,β-unsaturated/α-hetero) is 1. The molecule has 1 N–H and O–H groups in total. The van der Waals surface area contributed by atoms with Crippen LogP contribution in [0, 0.1) is 0 Å². The number of carbonyl (C=O) groups is 2. The number of rotatable bonds is 7. The van der Waals surface area contributed by atoms with Crippen LogP contribution in [0.3, 0.4) is 0 Å². The number of carbonyl (C=O) groups excluding carboxylic acids is 2. The van der Waals surface area contributed by atoms with Crippen LogP contribution >= 0.6 is 23.1 Å². The number of nitrogens with one attached hydrogen (secondary N) is 1. The van der Waals surface area contributed by atoms with Crippen LogP contribution in [-0.2, 0) is 16.1 Å². The van der Waals surface area contributed by atoms with E-state index in [4.69, 9.17) is 9.72 Å². The third-order valence-corrected chi connectivity index (χ3v) is 7.68. The molecular formula is C24H22N4O4S2. The summed E-state index contributed by atoms with van der Waals surface area (Å²) >= 11 is 2.55. The van der Waals surface area contributed by atoms with Gasteiger partial charge in [-0.15, -0.1) is 11.3 Å². The first-order valence-electron chi connectivity index (χ1n) is 10.9. The summed E-state index contributed by atoms with van der Waals surface area (Å²) < 4.78 is 7.94. The number of hydrogen-bond acceptors (Lipinski definition) is 8. The van der Waals surface area contributed by atoms with Crippen molar-refractivity contribution in [2.45, 2.75) is 37.6 Å². The van der Waals surface area contributed by atoms with Crippen LogP contribution < -0.4 is 10.9 Å². The second-order valence-corrected chi connectivity index (χ2v) is 10.00. The maximum Gasteiger partial charge on any atom is 0.272 e. The topological polar surface area (TPSA) is 103 Å². The minimum atomic E-state index is -0.249. The van der Waals surface area contributed by atoms with Gasteiger partial charge in [-0.2, -0.15) is 0 Å². The Morgan fingerprint density at radius 2 is 2.18 bits per heavy atom. The summed E-state index contributed by atoms with van der Waals surface area (Å²) in [4.78, 5) is 47.7. The molecule has 1 atom stereocenters. The molecule has 3 aromatic heterocycles. The van der Waals surface area contributed by atoms with Gasteiger partial charge < -0.3 is 10.1 Å². The molecule has 1 unspecified atom stereocenters. The van der Waals surface area contributed by atoms with E-state index in [0.29, 0.717) is 39.8 Å². The van der Waals surface area contributed by atoms with Gasteiger partial charge in [0.1, 0.15) is 9.53 Å². The van der Waals surface area contributed by atoms with Crippen molar-refractivity contribution in [3.8, 4) is 0 Å². The summed E-state index contributed by atoms with van der Waals surface area (Å²) in [5, 5.41) is 4.12. The molecular weight excluding hydrogens is 472 g/mol. The van der Waals surface area contributed by atoms with E-state index in [1.807, 2.05) is 12.1 Å². The molecule has 4 heterocycles. The van der Waals surface area contributed by atoms with Crippen LogP contribution in [0.25, 0.3) is 20.4 Å². The number of thiophene rings is 1. The van der Waals surface area contributed by atoms with Gasteiger partial charge in [-0.05, 0) is 44.0 Å². The largest absolute Gasteiger partial charge is 0.376 e. The quantitative estimate of drug-likeness (QED) is 0.234. The third-order valence-electron chi connectivity index (χ3n) is 5.61. The first-order valence-corrected chi connectivity index (χ1v) is 12.7. The fourth-order valence-electron chi connectivity index (χ4n) is 3.95. The van der Waals surface area contributed by atoms with Crippen LogP contribution in [0.5, 0.6) is 0 Å². The monoisotopic (exact) mass is 494 g/mol. The van der Waals surface area contributed by atoms with Crippen molar-refractivity contribution < 1.29 is 14.3 Å². The van der Waals surface area contributed by atoms with E-state index in [1.54, 1.807) is 35.0 Å². The molecule has 8 nitrogen and oxygen atoms in total. The number of ether oxygens (including phenoxy) is 1. The number of thioether (sulfide) groups is 1. The SMILES string of the molecule is CC(=O)c1cccc(NC(=O)CSc2nc3c(sc4ncccc43)c(=O)n2CC2CCCO2)c1. The molecule has 0 spiro atoms. The lowest BCUT2D eigenvalue weighted by molar-refractivity contribution is -0.113. The number of nitrogens with zero attached hydrogens (tertiary/aromatic N) is 3. The van der Waals surface area contributed by atoms with E-state index in [9.17, 15) is 14.4 Å². The smallest absolute Gasteiger partial charge is 0.272 e. The van der Waals surface area contributed by atoms with Gasteiger partial charge in [0.05, 0.1) is 23.9 Å². The number of benzene rings is 1. The van der Waals surface area contributed by atoms with Gasteiger partial charge >= 0.3 is 0 Å². The predicted molar refractivity (Wildman–Crippen MR) is 134 cm³/mol. The number of ketones is 1. The van der Waals surface area contributed by atoms with Crippen molar-refractivity contribution in [2.24, 2.45) is 0 Å². The highest BCUT2D eigenvalue weighted by molar-refractivity contribution is 7.99. The maximum atomic E-state index is 13.4. The molecule has 4 aromatic rings. The second-order valence-electron chi connectivity index (χ2n) is 8.05. The van der Waals surface area contributed by atoms with Gasteiger partial charge in [-0.25, -0.2) is 9.97 Å². The van der Waals surface area contributed by atoms with E-state index < -0.39 is 0 Å². The normalized spacial score (nSPS) is 15.7. The van der Waals surface area contributed by atoms with Crippen molar-refractivity contribution in [1.29, 1.82) is 0 Å². The molecule has 10 heteroatoms. The fraction of sp³-hybridized carbons (Fsp3) is 0.292. The number of aromatic nitrogens is 3. The molecule has 0 radical (unpaired) electrons. The number of fused-ring (bicyclic) bond motifs is 3. The van der Waals surface area contributed by atoms with Crippen molar-refractivity contribution in [3.63, 3.8) is 0 Å². The maximum absolute atomic E-state index is 13.4. The van der Waals surface area contributed by atoms with Crippen molar-refractivity contribution in [1.82, 2.24) is 14.5 Å². The average molecular weight is 495 g/mol. The summed E-state index contributed by atoms with van der Waals surface area (Å²) in [6, 6.07) is 10.5. The van der Waals surface area contributed by atoms with E-state index in [-0.39, 0.29) is 29.1 Å². The highest BCUT2D eigenvalue weighted by atomic mass is 32.2. The molecule has 1 fully saturated rings. The van der Waals surface area contributed by atoms with Crippen LogP contribution in [0.2, 0.25) is 0 Å². The van der Waals surface area contributed by atoms with Crippen LogP contribution in [0.1, 0.15) is 30.1 Å². The van der Waals surface area contributed by atoms with Crippen LogP contribution in [-0.4, -0.2) is 44.7 Å².